The van der Waals surface area contributed by atoms with Gasteiger partial charge in [-0.25, -0.2) is 9.97 Å². The maximum atomic E-state index is 6.46. The van der Waals surface area contributed by atoms with E-state index in [1.807, 2.05) is 6.07 Å². The fourth-order valence-corrected chi connectivity index (χ4v) is 7.47. The van der Waals surface area contributed by atoms with Gasteiger partial charge in [-0.15, -0.1) is 11.3 Å². The monoisotopic (exact) mass is 626 g/mol. The quantitative estimate of drug-likeness (QED) is 0.180. The van der Waals surface area contributed by atoms with Crippen LogP contribution in [0.2, 0.25) is 0 Å². The second-order valence-electron chi connectivity index (χ2n) is 12.3. The summed E-state index contributed by atoms with van der Waals surface area (Å²) in [5.74, 6) is 0. The van der Waals surface area contributed by atoms with Gasteiger partial charge in [0, 0.05) is 11.0 Å². The van der Waals surface area contributed by atoms with Gasteiger partial charge in [0.15, 0.2) is 11.2 Å². The van der Waals surface area contributed by atoms with Gasteiger partial charge in [0.25, 0.3) is 0 Å². The summed E-state index contributed by atoms with van der Waals surface area (Å²) in [5.41, 5.74) is 15.2. The first-order valence-electron chi connectivity index (χ1n) is 16.9. The molecule has 0 unspecified atom stereocenters. The Balaban J connectivity index is 1.53. The van der Waals surface area contributed by atoms with Crippen LogP contribution in [0.5, 0.6) is 0 Å². The first-order valence-corrected chi connectivity index (χ1v) is 17.7. The minimum Gasteiger partial charge on any atom is -0.453 e. The van der Waals surface area contributed by atoms with Crippen molar-refractivity contribution in [2.24, 2.45) is 0 Å². The van der Waals surface area contributed by atoms with E-state index in [-0.39, 0.29) is 0 Å². The predicted molar refractivity (Wildman–Crippen MR) is 197 cm³/mol. The molecule has 0 aromatic carbocycles. The molecule has 2 N–H and O–H groups in total. The van der Waals surface area contributed by atoms with E-state index in [9.17, 15) is 0 Å². The van der Waals surface area contributed by atoms with Gasteiger partial charge in [0.05, 0.1) is 37.5 Å². The van der Waals surface area contributed by atoms with Gasteiger partial charge in [-0.05, 0) is 121 Å². The Hall–Kier alpha value is -4.42. The van der Waals surface area contributed by atoms with Gasteiger partial charge in [0.2, 0.25) is 0 Å². The zero-order valence-electron chi connectivity index (χ0n) is 27.3. The molecular weight excluding hydrogens is 585 g/mol. The third-order valence-corrected chi connectivity index (χ3v) is 9.91. The molecule has 12 bridgehead atoms. The number of aromatic nitrogens is 4. The van der Waals surface area contributed by atoms with Crippen LogP contribution in [0.25, 0.3) is 65.9 Å². The predicted octanol–water partition coefficient (Wildman–Crippen LogP) is 12.0. The summed E-state index contributed by atoms with van der Waals surface area (Å²) in [6.07, 6.45) is 12.7. The molecule has 0 aliphatic carbocycles. The number of aryl methyl sites for hydroxylation is 2. The summed E-state index contributed by atoms with van der Waals surface area (Å²) in [6, 6.07) is 21.9. The molecule has 0 atom stereocenters. The first-order chi connectivity index (χ1) is 22.6. The third kappa shape index (κ3) is 5.94. The summed E-state index contributed by atoms with van der Waals surface area (Å²) in [7, 11) is 0. The molecule has 234 valence electrons. The number of furan rings is 1. The summed E-state index contributed by atoms with van der Waals surface area (Å²) in [5, 5.41) is 0. The van der Waals surface area contributed by atoms with Gasteiger partial charge in [-0.3, -0.25) is 0 Å². The highest BCUT2D eigenvalue weighted by molar-refractivity contribution is 7.24. The SMILES string of the molecule is CCCC1=Cc2nc1ccc1nc(c3ccc(s3)c3cc(CCC)c(ccc4[nH]c(cc4CCC)c4ccc2o4)[nH]3)C=C1CCC. The fraction of sp³-hybridized carbons (Fsp3) is 0.300. The summed E-state index contributed by atoms with van der Waals surface area (Å²) < 4.78 is 8.88. The molecule has 2 aliphatic heterocycles. The van der Waals surface area contributed by atoms with Crippen molar-refractivity contribution in [3.63, 3.8) is 0 Å². The minimum atomic E-state index is 0.787. The van der Waals surface area contributed by atoms with E-state index in [1.165, 1.54) is 31.7 Å². The van der Waals surface area contributed by atoms with Crippen LogP contribution in [-0.4, -0.2) is 19.9 Å². The van der Waals surface area contributed by atoms with Crippen LogP contribution >= 0.6 is 11.3 Å². The van der Waals surface area contributed by atoms with Crippen molar-refractivity contribution in [2.45, 2.75) is 79.1 Å². The molecule has 0 radical (unpaired) electrons. The van der Waals surface area contributed by atoms with Crippen LogP contribution < -0.4 is 0 Å². The lowest BCUT2D eigenvalue weighted by molar-refractivity contribution is 0.665. The van der Waals surface area contributed by atoms with Crippen molar-refractivity contribution in [3.05, 3.63) is 94.6 Å². The van der Waals surface area contributed by atoms with Gasteiger partial charge in [0.1, 0.15) is 5.69 Å². The summed E-state index contributed by atoms with van der Waals surface area (Å²) >= 11 is 1.80. The first kappa shape index (κ1) is 30.2. The number of hydrogen-bond acceptors (Lipinski definition) is 4. The molecule has 0 fully saturated rings. The summed E-state index contributed by atoms with van der Waals surface area (Å²) in [4.78, 5) is 17.6. The number of nitrogens with zero attached hydrogens (tertiary/aromatic N) is 2. The van der Waals surface area contributed by atoms with Crippen molar-refractivity contribution in [2.75, 3.05) is 0 Å². The van der Waals surface area contributed by atoms with Crippen molar-refractivity contribution < 1.29 is 4.42 Å². The Morgan fingerprint density at radius 1 is 0.543 bits per heavy atom. The van der Waals surface area contributed by atoms with Gasteiger partial charge < -0.3 is 14.4 Å². The van der Waals surface area contributed by atoms with Crippen molar-refractivity contribution in [1.82, 2.24) is 19.9 Å². The molecule has 5 aromatic heterocycles. The molecule has 0 spiro atoms. The minimum absolute atomic E-state index is 0.787. The lowest BCUT2D eigenvalue weighted by Crippen LogP contribution is -1.83. The maximum Gasteiger partial charge on any atom is 0.153 e. The second-order valence-corrected chi connectivity index (χ2v) is 13.4. The number of rotatable bonds is 8. The van der Waals surface area contributed by atoms with Crippen LogP contribution in [-0.2, 0) is 12.8 Å². The molecule has 5 aromatic rings. The average Bonchev–Trinajstić information content (AvgIpc) is 3.88. The van der Waals surface area contributed by atoms with E-state index in [4.69, 9.17) is 14.4 Å². The van der Waals surface area contributed by atoms with Crippen molar-refractivity contribution in [3.8, 4) is 0 Å². The molecule has 7 heterocycles. The summed E-state index contributed by atoms with van der Waals surface area (Å²) in [6.45, 7) is 8.91. The molecule has 0 saturated heterocycles. The molecule has 5 nitrogen and oxygen atoms in total. The number of hydrogen-bond donors (Lipinski definition) is 2. The van der Waals surface area contributed by atoms with Crippen molar-refractivity contribution >= 4 is 77.3 Å². The lowest BCUT2D eigenvalue weighted by atomic mass is 10.1. The molecule has 0 amide bonds. The van der Waals surface area contributed by atoms with E-state index in [0.29, 0.717) is 0 Å². The van der Waals surface area contributed by atoms with Gasteiger partial charge in [-0.2, -0.15) is 0 Å². The molecule has 6 heteroatoms. The Labute approximate surface area is 274 Å². The topological polar surface area (TPSA) is 70.5 Å². The van der Waals surface area contributed by atoms with Crippen molar-refractivity contribution in [1.29, 1.82) is 0 Å². The number of allylic oxidation sites excluding steroid dienone is 2. The molecule has 2 aliphatic rings. The molecule has 0 saturated carbocycles. The van der Waals surface area contributed by atoms with Gasteiger partial charge >= 0.3 is 0 Å². The number of thiophene rings is 1. The van der Waals surface area contributed by atoms with E-state index < -0.39 is 0 Å². The number of H-pyrrole nitrogens is 2. The number of nitrogens with one attached hydrogen (secondary N) is 2. The van der Waals surface area contributed by atoms with E-state index in [2.05, 4.69) is 104 Å². The standard InChI is InChI=1S/C40H42N4OS/c1-5-9-25-21-33-37-17-18-38(45-37)34-22-26(10-6-2)30(42-34)14-16-32-28(12-8-4)24-36(44-32)40-20-19-39(46-40)35-23-27(11-7-3)31(43-35)15-13-29(25)41-33/h13-24,41,43H,5-12H2,1-4H3. The van der Waals surface area contributed by atoms with Gasteiger partial charge in [-0.1, -0.05) is 53.4 Å². The number of aromatic amines is 2. The highest BCUT2D eigenvalue weighted by Gasteiger charge is 2.15. The fourth-order valence-electron chi connectivity index (χ4n) is 6.53. The highest BCUT2D eigenvalue weighted by atomic mass is 32.1. The molecule has 46 heavy (non-hydrogen) atoms. The maximum absolute atomic E-state index is 6.46. The average molecular weight is 627 g/mol. The Bertz CT molecular complexity index is 2060. The van der Waals surface area contributed by atoms with Crippen LogP contribution in [0.15, 0.2) is 65.1 Å². The normalized spacial score (nSPS) is 12.9. The van der Waals surface area contributed by atoms with Crippen LogP contribution in [0.3, 0.4) is 0 Å². The number of fused-ring (bicyclic) bond motifs is 16. The van der Waals surface area contributed by atoms with E-state index in [1.54, 1.807) is 11.3 Å². The van der Waals surface area contributed by atoms with Crippen LogP contribution in [0.4, 0.5) is 0 Å². The Morgan fingerprint density at radius 2 is 1.09 bits per heavy atom. The third-order valence-electron chi connectivity index (χ3n) is 8.77. The highest BCUT2D eigenvalue weighted by Crippen LogP contribution is 2.33. The molecular formula is C40H42N4OS. The zero-order chi connectivity index (χ0) is 31.6. The zero-order valence-corrected chi connectivity index (χ0v) is 28.1. The smallest absolute Gasteiger partial charge is 0.153 e. The Morgan fingerprint density at radius 3 is 1.74 bits per heavy atom. The van der Waals surface area contributed by atoms with Crippen LogP contribution in [0.1, 0.15) is 100 Å². The van der Waals surface area contributed by atoms with E-state index in [0.717, 1.165) is 107 Å². The van der Waals surface area contributed by atoms with Crippen LogP contribution in [0, 0.1) is 0 Å². The Kier molecular flexibility index (Phi) is 8.63. The lowest BCUT2D eigenvalue weighted by Gasteiger charge is -1.99. The van der Waals surface area contributed by atoms with E-state index >= 15 is 0 Å². The second kappa shape index (κ2) is 13.1. The molecule has 7 rings (SSSR count). The largest absolute Gasteiger partial charge is 0.453 e.